The van der Waals surface area contributed by atoms with Gasteiger partial charge in [0.05, 0.1) is 23.8 Å². The Morgan fingerprint density at radius 3 is 2.45 bits per heavy atom. The lowest BCUT2D eigenvalue weighted by Gasteiger charge is -2.01. The van der Waals surface area contributed by atoms with Crippen LogP contribution < -0.4 is 0 Å². The van der Waals surface area contributed by atoms with Crippen molar-refractivity contribution in [3.05, 3.63) is 53.7 Å². The molecule has 4 rings (SSSR count). The second kappa shape index (κ2) is 3.88. The molecule has 20 heavy (non-hydrogen) atoms. The molecule has 0 spiro atoms. The highest BCUT2D eigenvalue weighted by Crippen LogP contribution is 2.42. The summed E-state index contributed by atoms with van der Waals surface area (Å²) in [5.74, 6) is 0.942. The molecule has 1 aliphatic heterocycles. The largest absolute Gasteiger partial charge is 0.494 e. The summed E-state index contributed by atoms with van der Waals surface area (Å²) in [5.41, 5.74) is 1.87. The van der Waals surface area contributed by atoms with Gasteiger partial charge in [-0.1, -0.05) is 0 Å². The van der Waals surface area contributed by atoms with E-state index in [1.165, 1.54) is 12.5 Å². The number of nitrogens with zero attached hydrogens (tertiary/aromatic N) is 1. The van der Waals surface area contributed by atoms with Crippen LogP contribution in [0.4, 0.5) is 0 Å². The van der Waals surface area contributed by atoms with Crippen molar-refractivity contribution in [3.63, 3.8) is 0 Å². The molecule has 0 amide bonds. The maximum atomic E-state index is 10.1. The molecule has 0 saturated heterocycles. The van der Waals surface area contributed by atoms with Crippen LogP contribution >= 0.6 is 0 Å². The molecule has 0 saturated carbocycles. The molecular formula is C14H10N2O4. The summed E-state index contributed by atoms with van der Waals surface area (Å²) in [6.45, 7) is 0. The number of hydrogen-bond donors (Lipinski definition) is 3. The van der Waals surface area contributed by atoms with Crippen LogP contribution in [-0.2, 0) is 0 Å². The lowest BCUT2D eigenvalue weighted by atomic mass is 10.1. The number of aliphatic imine (C=N–C) groups is 1. The van der Waals surface area contributed by atoms with E-state index in [2.05, 4.69) is 9.98 Å². The number of aromatic amines is 1. The molecular weight excluding hydrogens is 260 g/mol. The average molecular weight is 270 g/mol. The molecule has 3 aromatic rings. The molecule has 4 heterocycles. The van der Waals surface area contributed by atoms with E-state index in [0.717, 1.165) is 0 Å². The summed E-state index contributed by atoms with van der Waals surface area (Å²) in [6.07, 6.45) is 1.97. The van der Waals surface area contributed by atoms with Crippen molar-refractivity contribution in [3.8, 4) is 17.3 Å². The van der Waals surface area contributed by atoms with Crippen LogP contribution in [0.25, 0.3) is 11.5 Å². The van der Waals surface area contributed by atoms with Crippen molar-refractivity contribution >= 4 is 5.71 Å². The molecule has 0 bridgehead atoms. The summed E-state index contributed by atoms with van der Waals surface area (Å²) in [6, 6.07) is 6.91. The fourth-order valence-corrected chi connectivity index (χ4v) is 2.47. The van der Waals surface area contributed by atoms with Crippen molar-refractivity contribution < 1.29 is 19.0 Å². The number of aliphatic hydroxyl groups excluding tert-OH is 1. The predicted molar refractivity (Wildman–Crippen MR) is 69.5 cm³/mol. The minimum atomic E-state index is -1.07. The molecule has 1 aliphatic rings. The van der Waals surface area contributed by atoms with Crippen LogP contribution in [0.2, 0.25) is 0 Å². The summed E-state index contributed by atoms with van der Waals surface area (Å²) >= 11 is 0. The topological polar surface area (TPSA) is 94.9 Å². The second-order valence-corrected chi connectivity index (χ2v) is 4.44. The van der Waals surface area contributed by atoms with Crippen LogP contribution in [-0.4, -0.2) is 20.9 Å². The highest BCUT2D eigenvalue weighted by molar-refractivity contribution is 6.16. The molecule has 100 valence electrons. The smallest absolute Gasteiger partial charge is 0.199 e. The first kappa shape index (κ1) is 11.1. The van der Waals surface area contributed by atoms with Gasteiger partial charge in [0.2, 0.25) is 0 Å². The molecule has 3 aromatic heterocycles. The lowest BCUT2D eigenvalue weighted by Crippen LogP contribution is -1.97. The Kier molecular flexibility index (Phi) is 2.16. The van der Waals surface area contributed by atoms with Gasteiger partial charge in [0, 0.05) is 5.56 Å². The normalized spacial score (nSPS) is 17.2. The first-order valence-corrected chi connectivity index (χ1v) is 6.04. The SMILES string of the molecule is Oc1[nH]c(-c2ccco2)c2c1C(c1ccco1)=NC2O. The zero-order chi connectivity index (χ0) is 13.7. The molecule has 1 atom stereocenters. The summed E-state index contributed by atoms with van der Waals surface area (Å²) in [7, 11) is 0. The van der Waals surface area contributed by atoms with E-state index in [-0.39, 0.29) is 5.88 Å². The third-order valence-electron chi connectivity index (χ3n) is 3.29. The number of nitrogens with one attached hydrogen (secondary N) is 1. The maximum Gasteiger partial charge on any atom is 0.199 e. The zero-order valence-corrected chi connectivity index (χ0v) is 10.2. The quantitative estimate of drug-likeness (QED) is 0.666. The first-order valence-electron chi connectivity index (χ1n) is 6.04. The number of aliphatic hydroxyl groups is 1. The molecule has 0 aliphatic carbocycles. The van der Waals surface area contributed by atoms with Gasteiger partial charge < -0.3 is 24.0 Å². The monoisotopic (exact) mass is 270 g/mol. The number of aromatic nitrogens is 1. The van der Waals surface area contributed by atoms with E-state index in [1.54, 1.807) is 24.3 Å². The molecule has 3 N–H and O–H groups in total. The fourth-order valence-electron chi connectivity index (χ4n) is 2.47. The number of H-pyrrole nitrogens is 1. The summed E-state index contributed by atoms with van der Waals surface area (Å²) in [5, 5.41) is 20.2. The lowest BCUT2D eigenvalue weighted by molar-refractivity contribution is 0.193. The van der Waals surface area contributed by atoms with Gasteiger partial charge in [-0.15, -0.1) is 0 Å². The van der Waals surface area contributed by atoms with Gasteiger partial charge >= 0.3 is 0 Å². The Morgan fingerprint density at radius 1 is 1.10 bits per heavy atom. The minimum Gasteiger partial charge on any atom is -0.494 e. The third kappa shape index (κ3) is 1.39. The molecule has 0 fully saturated rings. The molecule has 6 heteroatoms. The van der Waals surface area contributed by atoms with Crippen LogP contribution in [0.15, 0.2) is 50.6 Å². The Labute approximate surface area is 113 Å². The minimum absolute atomic E-state index is 0.0712. The van der Waals surface area contributed by atoms with Gasteiger partial charge in [0.1, 0.15) is 5.71 Å². The van der Waals surface area contributed by atoms with E-state index in [1.807, 2.05) is 0 Å². The fraction of sp³-hybridized carbons (Fsp3) is 0.0714. The van der Waals surface area contributed by atoms with E-state index >= 15 is 0 Å². The van der Waals surface area contributed by atoms with Crippen LogP contribution in [0.1, 0.15) is 23.1 Å². The van der Waals surface area contributed by atoms with Gasteiger partial charge in [-0.25, -0.2) is 4.99 Å². The number of aromatic hydroxyl groups is 1. The van der Waals surface area contributed by atoms with Crippen LogP contribution in [0.3, 0.4) is 0 Å². The van der Waals surface area contributed by atoms with Gasteiger partial charge in [0.25, 0.3) is 0 Å². The number of fused-ring (bicyclic) bond motifs is 1. The van der Waals surface area contributed by atoms with E-state index < -0.39 is 6.23 Å². The van der Waals surface area contributed by atoms with Crippen molar-refractivity contribution in [2.75, 3.05) is 0 Å². The summed E-state index contributed by atoms with van der Waals surface area (Å²) in [4.78, 5) is 6.97. The Morgan fingerprint density at radius 2 is 1.80 bits per heavy atom. The Bertz CT molecular complexity index is 782. The van der Waals surface area contributed by atoms with E-state index in [9.17, 15) is 10.2 Å². The number of rotatable bonds is 2. The van der Waals surface area contributed by atoms with Crippen molar-refractivity contribution in [1.82, 2.24) is 4.98 Å². The van der Waals surface area contributed by atoms with Gasteiger partial charge in [0.15, 0.2) is 23.6 Å². The van der Waals surface area contributed by atoms with E-state index in [0.29, 0.717) is 34.1 Å². The van der Waals surface area contributed by atoms with Gasteiger partial charge in [-0.2, -0.15) is 0 Å². The van der Waals surface area contributed by atoms with Gasteiger partial charge in [-0.3, -0.25) is 0 Å². The highest BCUT2D eigenvalue weighted by Gasteiger charge is 2.35. The average Bonchev–Trinajstić information content (AvgIpc) is 3.17. The van der Waals surface area contributed by atoms with Crippen molar-refractivity contribution in [2.45, 2.75) is 6.23 Å². The standard InChI is InChI=1S/C14H10N2O4/c17-13-9-10(12(16-13)8-4-2-6-20-8)14(18)15-11(9)7-3-1-5-19-7/h1-6,13,15,17-18H. The predicted octanol–water partition coefficient (Wildman–Crippen LogP) is 2.42. The van der Waals surface area contributed by atoms with Gasteiger partial charge in [-0.05, 0) is 24.3 Å². The van der Waals surface area contributed by atoms with Crippen LogP contribution in [0.5, 0.6) is 5.88 Å². The molecule has 0 radical (unpaired) electrons. The van der Waals surface area contributed by atoms with Crippen molar-refractivity contribution in [1.29, 1.82) is 0 Å². The number of hydrogen-bond acceptors (Lipinski definition) is 5. The number of furan rings is 2. The van der Waals surface area contributed by atoms with E-state index in [4.69, 9.17) is 8.83 Å². The first-order chi connectivity index (χ1) is 9.75. The van der Waals surface area contributed by atoms with Crippen LogP contribution in [0, 0.1) is 0 Å². The Balaban J connectivity index is 1.93. The maximum absolute atomic E-state index is 10.1. The second-order valence-electron chi connectivity index (χ2n) is 4.44. The zero-order valence-electron chi connectivity index (χ0n) is 10.2. The highest BCUT2D eigenvalue weighted by atomic mass is 16.3. The molecule has 6 nitrogen and oxygen atoms in total. The Hall–Kier alpha value is -2.73. The third-order valence-corrected chi connectivity index (χ3v) is 3.29. The summed E-state index contributed by atoms with van der Waals surface area (Å²) < 4.78 is 10.6. The molecule has 0 aromatic carbocycles. The molecule has 1 unspecified atom stereocenters. The van der Waals surface area contributed by atoms with Crippen molar-refractivity contribution in [2.24, 2.45) is 4.99 Å².